The minimum Gasteiger partial charge on any atom is -0.396 e. The van der Waals surface area contributed by atoms with E-state index in [0.717, 1.165) is 0 Å². The van der Waals surface area contributed by atoms with Crippen molar-refractivity contribution in [2.75, 3.05) is 6.61 Å². The Balaban J connectivity index is 1.70. The molecule has 0 aliphatic heterocycles. The molecule has 0 spiro atoms. The molecule has 2 rings (SSSR count). The molecule has 0 amide bonds. The molecule has 0 heterocycles. The lowest BCUT2D eigenvalue weighted by Gasteiger charge is -2.11. The van der Waals surface area contributed by atoms with Gasteiger partial charge >= 0.3 is 0 Å². The van der Waals surface area contributed by atoms with Gasteiger partial charge in [-0.25, -0.2) is 0 Å². The first-order valence-electron chi connectivity index (χ1n) is 9.03. The van der Waals surface area contributed by atoms with Crippen molar-refractivity contribution in [3.63, 3.8) is 0 Å². The second kappa shape index (κ2) is 9.25. The van der Waals surface area contributed by atoms with Crippen molar-refractivity contribution in [2.24, 2.45) is 5.92 Å². The second-order valence-electron chi connectivity index (χ2n) is 6.82. The van der Waals surface area contributed by atoms with E-state index in [1.54, 1.807) is 0 Å². The van der Waals surface area contributed by atoms with Crippen molar-refractivity contribution >= 4 is 0 Å². The molecule has 0 radical (unpaired) electrons. The third-order valence-corrected chi connectivity index (χ3v) is 5.07. The number of hydrogen-bond acceptors (Lipinski definition) is 1. The van der Waals surface area contributed by atoms with E-state index in [-0.39, 0.29) is 0 Å². The molecule has 21 heavy (non-hydrogen) atoms. The van der Waals surface area contributed by atoms with Crippen LogP contribution in [0.4, 0.5) is 0 Å². The molecule has 118 valence electrons. The molecule has 2 unspecified atom stereocenters. The van der Waals surface area contributed by atoms with Crippen molar-refractivity contribution in [3.8, 4) is 0 Å². The van der Waals surface area contributed by atoms with E-state index in [2.05, 4.69) is 31.2 Å². The summed E-state index contributed by atoms with van der Waals surface area (Å²) in [6.45, 7) is 2.64. The Labute approximate surface area is 130 Å². The predicted octanol–water partition coefficient (Wildman–Crippen LogP) is 5.47. The van der Waals surface area contributed by atoms with Gasteiger partial charge in [0, 0.05) is 6.61 Å². The van der Waals surface area contributed by atoms with Crippen LogP contribution >= 0.6 is 0 Å². The predicted molar refractivity (Wildman–Crippen MR) is 90.7 cm³/mol. The fourth-order valence-electron chi connectivity index (χ4n) is 3.61. The quantitative estimate of drug-likeness (QED) is 0.598. The molecule has 1 saturated carbocycles. The molecular formula is C20H32O. The van der Waals surface area contributed by atoms with Gasteiger partial charge in [0.05, 0.1) is 0 Å². The summed E-state index contributed by atoms with van der Waals surface area (Å²) in [5, 5.41) is 9.25. The maximum Gasteiger partial charge on any atom is 0.0459 e. The zero-order chi connectivity index (χ0) is 14.9. The van der Waals surface area contributed by atoms with Gasteiger partial charge in [-0.1, -0.05) is 63.3 Å². The molecule has 1 aromatic rings. The topological polar surface area (TPSA) is 20.2 Å². The third-order valence-electron chi connectivity index (χ3n) is 5.07. The van der Waals surface area contributed by atoms with Crippen LogP contribution < -0.4 is 0 Å². The standard InChI is InChI=1S/C20H32O/c1-2-3-4-5-6-7-8-17-9-12-19(13-10-17)20-14-11-18(15-20)16-21/h9-10,12-13,18,20-21H,2-8,11,14-16H2,1H3. The van der Waals surface area contributed by atoms with Gasteiger partial charge in [0.25, 0.3) is 0 Å². The summed E-state index contributed by atoms with van der Waals surface area (Å²) in [6.07, 6.45) is 13.1. The highest BCUT2D eigenvalue weighted by Crippen LogP contribution is 2.37. The maximum atomic E-state index is 9.25. The van der Waals surface area contributed by atoms with Crippen LogP contribution in [-0.2, 0) is 6.42 Å². The van der Waals surface area contributed by atoms with E-state index in [1.165, 1.54) is 75.3 Å². The molecule has 1 N–H and O–H groups in total. The summed E-state index contributed by atoms with van der Waals surface area (Å²) in [5.74, 6) is 1.23. The fourth-order valence-corrected chi connectivity index (χ4v) is 3.61. The van der Waals surface area contributed by atoms with Gasteiger partial charge in [-0.05, 0) is 55.1 Å². The Bertz CT molecular complexity index is 381. The van der Waals surface area contributed by atoms with Crippen molar-refractivity contribution in [3.05, 3.63) is 35.4 Å². The number of aliphatic hydroxyl groups is 1. The molecule has 1 aliphatic rings. The van der Waals surface area contributed by atoms with Crippen LogP contribution in [0.3, 0.4) is 0 Å². The summed E-state index contributed by atoms with van der Waals surface area (Å²) in [6, 6.07) is 9.31. The third kappa shape index (κ3) is 5.47. The maximum absolute atomic E-state index is 9.25. The van der Waals surface area contributed by atoms with Crippen molar-refractivity contribution < 1.29 is 5.11 Å². The number of benzene rings is 1. The number of rotatable bonds is 9. The minimum atomic E-state index is 0.368. The average Bonchev–Trinajstić information content (AvgIpc) is 3.00. The lowest BCUT2D eigenvalue weighted by molar-refractivity contribution is 0.229. The Morgan fingerprint density at radius 3 is 2.33 bits per heavy atom. The largest absolute Gasteiger partial charge is 0.396 e. The lowest BCUT2D eigenvalue weighted by Crippen LogP contribution is -2.00. The molecular weight excluding hydrogens is 256 g/mol. The fraction of sp³-hybridized carbons (Fsp3) is 0.700. The monoisotopic (exact) mass is 288 g/mol. The van der Waals surface area contributed by atoms with Crippen LogP contribution in [0.25, 0.3) is 0 Å². The highest BCUT2D eigenvalue weighted by molar-refractivity contribution is 5.26. The van der Waals surface area contributed by atoms with Gasteiger partial charge in [0.15, 0.2) is 0 Å². The van der Waals surface area contributed by atoms with E-state index in [0.29, 0.717) is 18.4 Å². The Hall–Kier alpha value is -0.820. The van der Waals surface area contributed by atoms with Crippen molar-refractivity contribution in [1.82, 2.24) is 0 Å². The summed E-state index contributed by atoms with van der Waals surface area (Å²) in [4.78, 5) is 0. The van der Waals surface area contributed by atoms with E-state index in [9.17, 15) is 5.11 Å². The van der Waals surface area contributed by atoms with Gasteiger partial charge in [0.2, 0.25) is 0 Å². The first-order chi connectivity index (χ1) is 10.3. The molecule has 2 atom stereocenters. The number of aliphatic hydroxyl groups excluding tert-OH is 1. The molecule has 1 nitrogen and oxygen atoms in total. The summed E-state index contributed by atoms with van der Waals surface area (Å²) >= 11 is 0. The van der Waals surface area contributed by atoms with E-state index in [4.69, 9.17) is 0 Å². The molecule has 0 bridgehead atoms. The first-order valence-corrected chi connectivity index (χ1v) is 9.03. The molecule has 1 aromatic carbocycles. The van der Waals surface area contributed by atoms with Crippen LogP contribution in [0.15, 0.2) is 24.3 Å². The Morgan fingerprint density at radius 1 is 0.952 bits per heavy atom. The van der Waals surface area contributed by atoms with E-state index < -0.39 is 0 Å². The summed E-state index contributed by atoms with van der Waals surface area (Å²) < 4.78 is 0. The molecule has 0 aromatic heterocycles. The summed E-state index contributed by atoms with van der Waals surface area (Å²) in [5.41, 5.74) is 2.98. The Morgan fingerprint density at radius 2 is 1.67 bits per heavy atom. The Kier molecular flexibility index (Phi) is 7.29. The van der Waals surface area contributed by atoms with E-state index >= 15 is 0 Å². The van der Waals surface area contributed by atoms with Crippen LogP contribution in [-0.4, -0.2) is 11.7 Å². The van der Waals surface area contributed by atoms with Crippen LogP contribution in [0.2, 0.25) is 0 Å². The van der Waals surface area contributed by atoms with Gasteiger partial charge in [-0.2, -0.15) is 0 Å². The molecule has 1 fully saturated rings. The SMILES string of the molecule is CCCCCCCCc1ccc(C2CCC(CO)C2)cc1. The normalized spacial score (nSPS) is 21.8. The highest BCUT2D eigenvalue weighted by Gasteiger charge is 2.24. The van der Waals surface area contributed by atoms with Crippen molar-refractivity contribution in [1.29, 1.82) is 0 Å². The van der Waals surface area contributed by atoms with Crippen LogP contribution in [0.5, 0.6) is 0 Å². The average molecular weight is 288 g/mol. The summed E-state index contributed by atoms with van der Waals surface area (Å²) in [7, 11) is 0. The van der Waals surface area contributed by atoms with Gasteiger partial charge in [-0.3, -0.25) is 0 Å². The molecule has 1 aliphatic carbocycles. The molecule has 0 saturated heterocycles. The second-order valence-corrected chi connectivity index (χ2v) is 6.82. The molecule has 1 heteroatoms. The number of aryl methyl sites for hydroxylation is 1. The lowest BCUT2D eigenvalue weighted by atomic mass is 9.94. The van der Waals surface area contributed by atoms with Crippen molar-refractivity contribution in [2.45, 2.75) is 77.0 Å². The zero-order valence-corrected chi connectivity index (χ0v) is 13.7. The van der Waals surface area contributed by atoms with Crippen LogP contribution in [0, 0.1) is 5.92 Å². The van der Waals surface area contributed by atoms with E-state index in [1.807, 2.05) is 0 Å². The zero-order valence-electron chi connectivity index (χ0n) is 13.7. The van der Waals surface area contributed by atoms with Gasteiger partial charge in [-0.15, -0.1) is 0 Å². The number of hydrogen-bond donors (Lipinski definition) is 1. The smallest absolute Gasteiger partial charge is 0.0459 e. The van der Waals surface area contributed by atoms with Gasteiger partial charge < -0.3 is 5.11 Å². The number of unbranched alkanes of at least 4 members (excludes halogenated alkanes) is 5. The first kappa shape index (κ1) is 16.5. The van der Waals surface area contributed by atoms with Crippen LogP contribution in [0.1, 0.15) is 81.8 Å². The minimum absolute atomic E-state index is 0.368. The van der Waals surface area contributed by atoms with Gasteiger partial charge in [0.1, 0.15) is 0 Å². The highest BCUT2D eigenvalue weighted by atomic mass is 16.3.